The van der Waals surface area contributed by atoms with E-state index < -0.39 is 0 Å². The topological polar surface area (TPSA) is 80.2 Å². The number of ether oxygens (including phenoxy) is 1. The fourth-order valence-corrected chi connectivity index (χ4v) is 5.22. The second-order valence-electron chi connectivity index (χ2n) is 5.73. The summed E-state index contributed by atoms with van der Waals surface area (Å²) in [7, 11) is 1.65. The van der Waals surface area contributed by atoms with Gasteiger partial charge in [0.05, 0.1) is 23.2 Å². The SMILES string of the molecule is CCSc1nnc(NC(=O)C2CN(c3nc4cc(OC)ccc4s3)C2)s1. The molecule has 0 aliphatic carbocycles. The predicted octanol–water partition coefficient (Wildman–Crippen LogP) is 3.34. The van der Waals surface area contributed by atoms with Gasteiger partial charge in [-0.3, -0.25) is 4.79 Å². The lowest BCUT2D eigenvalue weighted by atomic mass is 10.0. The summed E-state index contributed by atoms with van der Waals surface area (Å²) in [5, 5.41) is 12.4. The molecule has 26 heavy (non-hydrogen) atoms. The Morgan fingerprint density at radius 3 is 3.00 bits per heavy atom. The van der Waals surface area contributed by atoms with Crippen molar-refractivity contribution in [3.8, 4) is 5.75 Å². The monoisotopic (exact) mass is 407 g/mol. The quantitative estimate of drug-likeness (QED) is 0.496. The van der Waals surface area contributed by atoms with E-state index >= 15 is 0 Å². The highest BCUT2D eigenvalue weighted by atomic mass is 32.2. The van der Waals surface area contributed by atoms with Gasteiger partial charge >= 0.3 is 0 Å². The van der Waals surface area contributed by atoms with Gasteiger partial charge in [-0.05, 0) is 17.9 Å². The second-order valence-corrected chi connectivity index (χ2v) is 9.23. The third kappa shape index (κ3) is 3.49. The summed E-state index contributed by atoms with van der Waals surface area (Å²) < 4.78 is 7.23. The first-order valence-electron chi connectivity index (χ1n) is 8.13. The highest BCUT2D eigenvalue weighted by Crippen LogP contribution is 2.35. The molecule has 0 bridgehead atoms. The van der Waals surface area contributed by atoms with Crippen LogP contribution in [0.15, 0.2) is 22.5 Å². The lowest BCUT2D eigenvalue weighted by Crippen LogP contribution is -2.52. The van der Waals surface area contributed by atoms with Gasteiger partial charge in [0.15, 0.2) is 9.47 Å². The van der Waals surface area contributed by atoms with Crippen LogP contribution >= 0.6 is 34.4 Å². The van der Waals surface area contributed by atoms with E-state index in [0.717, 1.165) is 31.2 Å². The first kappa shape index (κ1) is 17.5. The highest BCUT2D eigenvalue weighted by molar-refractivity contribution is 8.01. The number of fused-ring (bicyclic) bond motifs is 1. The lowest BCUT2D eigenvalue weighted by molar-refractivity contribution is -0.120. The minimum absolute atomic E-state index is 0.00627. The first-order chi connectivity index (χ1) is 12.7. The molecule has 1 aromatic carbocycles. The number of amides is 1. The predicted molar refractivity (Wildman–Crippen MR) is 107 cm³/mol. The van der Waals surface area contributed by atoms with Crippen LogP contribution in [0.5, 0.6) is 5.75 Å². The molecule has 1 aliphatic heterocycles. The van der Waals surface area contributed by atoms with Crippen molar-refractivity contribution in [3.63, 3.8) is 0 Å². The summed E-state index contributed by atoms with van der Waals surface area (Å²) >= 11 is 4.67. The minimum Gasteiger partial charge on any atom is -0.497 e. The molecule has 1 N–H and O–H groups in total. The van der Waals surface area contributed by atoms with E-state index in [1.807, 2.05) is 18.2 Å². The molecule has 3 heterocycles. The number of hydrogen-bond donors (Lipinski definition) is 1. The van der Waals surface area contributed by atoms with Gasteiger partial charge in [0.25, 0.3) is 0 Å². The Balaban J connectivity index is 1.36. The zero-order valence-electron chi connectivity index (χ0n) is 14.3. The Kier molecular flexibility index (Phi) is 4.96. The summed E-state index contributed by atoms with van der Waals surface area (Å²) in [5.41, 5.74) is 0.923. The van der Waals surface area contributed by atoms with Crippen molar-refractivity contribution >= 4 is 60.8 Å². The molecule has 2 aromatic heterocycles. The molecule has 1 saturated heterocycles. The zero-order valence-corrected chi connectivity index (χ0v) is 16.7. The van der Waals surface area contributed by atoms with E-state index in [4.69, 9.17) is 4.74 Å². The van der Waals surface area contributed by atoms with Crippen molar-refractivity contribution < 1.29 is 9.53 Å². The fourth-order valence-electron chi connectivity index (χ4n) is 2.61. The minimum atomic E-state index is -0.0530. The van der Waals surface area contributed by atoms with E-state index in [1.165, 1.54) is 11.3 Å². The van der Waals surface area contributed by atoms with Crippen LogP contribution in [-0.4, -0.2) is 47.0 Å². The number of thioether (sulfide) groups is 1. The van der Waals surface area contributed by atoms with Crippen molar-refractivity contribution in [2.45, 2.75) is 11.3 Å². The smallest absolute Gasteiger partial charge is 0.232 e. The number of anilines is 2. The highest BCUT2D eigenvalue weighted by Gasteiger charge is 2.34. The van der Waals surface area contributed by atoms with E-state index in [9.17, 15) is 4.79 Å². The van der Waals surface area contributed by atoms with Crippen LogP contribution < -0.4 is 15.0 Å². The molecule has 0 radical (unpaired) electrons. The average Bonchev–Trinajstić information content (AvgIpc) is 3.19. The van der Waals surface area contributed by atoms with Gasteiger partial charge in [-0.1, -0.05) is 41.4 Å². The summed E-state index contributed by atoms with van der Waals surface area (Å²) in [5.74, 6) is 1.68. The van der Waals surface area contributed by atoms with Gasteiger partial charge in [-0.2, -0.15) is 0 Å². The van der Waals surface area contributed by atoms with Crippen molar-refractivity contribution in [2.75, 3.05) is 36.2 Å². The Morgan fingerprint density at radius 2 is 2.23 bits per heavy atom. The molecule has 0 saturated carbocycles. The molecular weight excluding hydrogens is 390 g/mol. The summed E-state index contributed by atoms with van der Waals surface area (Å²) in [4.78, 5) is 19.1. The summed E-state index contributed by atoms with van der Waals surface area (Å²) in [6.07, 6.45) is 0. The van der Waals surface area contributed by atoms with E-state index in [1.54, 1.807) is 30.2 Å². The van der Waals surface area contributed by atoms with Crippen LogP contribution in [-0.2, 0) is 4.79 Å². The van der Waals surface area contributed by atoms with Crippen LogP contribution in [0.25, 0.3) is 10.2 Å². The fraction of sp³-hybridized carbons (Fsp3) is 0.375. The van der Waals surface area contributed by atoms with Gasteiger partial charge in [0.1, 0.15) is 5.75 Å². The van der Waals surface area contributed by atoms with Crippen LogP contribution in [0.4, 0.5) is 10.3 Å². The number of rotatable bonds is 6. The molecule has 3 aromatic rings. The largest absolute Gasteiger partial charge is 0.497 e. The molecule has 0 atom stereocenters. The zero-order chi connectivity index (χ0) is 18.1. The molecule has 1 fully saturated rings. The molecule has 1 amide bonds. The number of carbonyl (C=O) groups is 1. The Hall–Kier alpha value is -1.91. The van der Waals surface area contributed by atoms with Crippen molar-refractivity contribution in [3.05, 3.63) is 18.2 Å². The Labute approximate surface area is 162 Å². The van der Waals surface area contributed by atoms with Crippen LogP contribution in [0.3, 0.4) is 0 Å². The normalized spacial score (nSPS) is 14.5. The number of nitrogens with zero attached hydrogens (tertiary/aromatic N) is 4. The number of benzene rings is 1. The Bertz CT molecular complexity index is 935. The van der Waals surface area contributed by atoms with Crippen LogP contribution in [0.2, 0.25) is 0 Å². The average molecular weight is 408 g/mol. The summed E-state index contributed by atoms with van der Waals surface area (Å²) in [6, 6.07) is 5.88. The molecule has 7 nitrogen and oxygen atoms in total. The molecule has 0 spiro atoms. The van der Waals surface area contributed by atoms with Crippen molar-refractivity contribution in [1.82, 2.24) is 15.2 Å². The number of nitrogens with one attached hydrogen (secondary N) is 1. The van der Waals surface area contributed by atoms with Gasteiger partial charge in [0, 0.05) is 19.2 Å². The third-order valence-electron chi connectivity index (χ3n) is 4.01. The number of aromatic nitrogens is 3. The maximum atomic E-state index is 12.4. The maximum absolute atomic E-state index is 12.4. The number of hydrogen-bond acceptors (Lipinski definition) is 9. The second kappa shape index (κ2) is 7.37. The number of carbonyl (C=O) groups excluding carboxylic acids is 1. The number of methoxy groups -OCH3 is 1. The van der Waals surface area contributed by atoms with Gasteiger partial charge in [0.2, 0.25) is 11.0 Å². The van der Waals surface area contributed by atoms with Crippen molar-refractivity contribution in [2.24, 2.45) is 5.92 Å². The molecular formula is C16H17N5O2S3. The van der Waals surface area contributed by atoms with Crippen molar-refractivity contribution in [1.29, 1.82) is 0 Å². The Morgan fingerprint density at radius 1 is 1.38 bits per heavy atom. The van der Waals surface area contributed by atoms with Gasteiger partial charge in [-0.25, -0.2) is 4.98 Å². The van der Waals surface area contributed by atoms with Crippen LogP contribution in [0.1, 0.15) is 6.92 Å². The molecule has 10 heteroatoms. The van der Waals surface area contributed by atoms with E-state index in [-0.39, 0.29) is 11.8 Å². The van der Waals surface area contributed by atoms with E-state index in [2.05, 4.69) is 32.3 Å². The number of thiazole rings is 1. The first-order valence-corrected chi connectivity index (χ1v) is 10.7. The third-order valence-corrected chi connectivity index (χ3v) is 6.96. The van der Waals surface area contributed by atoms with Crippen LogP contribution in [0, 0.1) is 5.92 Å². The molecule has 0 unspecified atom stereocenters. The lowest BCUT2D eigenvalue weighted by Gasteiger charge is -2.37. The van der Waals surface area contributed by atoms with Gasteiger partial charge < -0.3 is 15.0 Å². The molecule has 136 valence electrons. The maximum Gasteiger partial charge on any atom is 0.232 e. The molecule has 1 aliphatic rings. The van der Waals surface area contributed by atoms with E-state index in [0.29, 0.717) is 18.2 Å². The summed E-state index contributed by atoms with van der Waals surface area (Å²) in [6.45, 7) is 3.39. The van der Waals surface area contributed by atoms with Gasteiger partial charge in [-0.15, -0.1) is 10.2 Å². The molecule has 4 rings (SSSR count). The standard InChI is InChI=1S/C16H17N5O2S3/c1-3-24-16-20-19-14(26-16)18-13(22)9-7-21(8-9)15-17-11-6-10(23-2)4-5-12(11)25-15/h4-6,9H,3,7-8H2,1-2H3,(H,18,19,22).